The second-order valence-corrected chi connectivity index (χ2v) is 11.2. The highest BCUT2D eigenvalue weighted by atomic mass is 35.5. The van der Waals surface area contributed by atoms with Crippen LogP contribution in [-0.4, -0.2) is 31.0 Å². The maximum Gasteiger partial charge on any atom is 0.183 e. The Morgan fingerprint density at radius 1 is 1.31 bits per heavy atom. The van der Waals surface area contributed by atoms with Crippen molar-refractivity contribution in [3.8, 4) is 0 Å². The van der Waals surface area contributed by atoms with E-state index in [1.807, 2.05) is 20.8 Å². The van der Waals surface area contributed by atoms with Crippen LogP contribution in [0.25, 0.3) is 0 Å². The number of rotatable bonds is 6. The van der Waals surface area contributed by atoms with Gasteiger partial charge in [-0.1, -0.05) is 23.2 Å². The summed E-state index contributed by atoms with van der Waals surface area (Å²) >= 11 is 12.5. The van der Waals surface area contributed by atoms with Crippen LogP contribution in [-0.2, 0) is 4.43 Å². The molecule has 2 nitrogen and oxygen atoms in total. The van der Waals surface area contributed by atoms with Crippen molar-refractivity contribution < 1.29 is 4.43 Å². The molecule has 0 saturated heterocycles. The molecule has 0 aliphatic heterocycles. The van der Waals surface area contributed by atoms with Gasteiger partial charge in [0.15, 0.2) is 12.7 Å². The molecule has 0 rings (SSSR count). The van der Waals surface area contributed by atoms with Crippen molar-refractivity contribution in [3.63, 3.8) is 0 Å². The summed E-state index contributed by atoms with van der Waals surface area (Å²) in [7, 11) is -1.48. The standard InChI is InChI=1S/C11H23Cl2NOSi/c1-9(2)14-10(3)11(12,13)7-8-15-16(4,5)6/h9H,7-8H2,1-6H3. The van der Waals surface area contributed by atoms with Crippen molar-refractivity contribution in [2.45, 2.75) is 57.2 Å². The lowest BCUT2D eigenvalue weighted by Crippen LogP contribution is -2.31. The molecule has 96 valence electrons. The Morgan fingerprint density at radius 3 is 2.19 bits per heavy atom. The molecule has 0 amide bonds. The third-order valence-electron chi connectivity index (χ3n) is 1.93. The van der Waals surface area contributed by atoms with Crippen LogP contribution in [0.4, 0.5) is 0 Å². The van der Waals surface area contributed by atoms with Gasteiger partial charge in [0.2, 0.25) is 0 Å². The van der Waals surface area contributed by atoms with Crippen molar-refractivity contribution in [2.75, 3.05) is 6.61 Å². The van der Waals surface area contributed by atoms with E-state index in [2.05, 4.69) is 24.6 Å². The monoisotopic (exact) mass is 283 g/mol. The summed E-state index contributed by atoms with van der Waals surface area (Å²) in [4.78, 5) is 4.37. The maximum atomic E-state index is 6.23. The first-order chi connectivity index (χ1) is 7.04. The Labute approximate surface area is 111 Å². The van der Waals surface area contributed by atoms with Gasteiger partial charge in [0.05, 0.1) is 0 Å². The molecule has 0 unspecified atom stereocenters. The lowest BCUT2D eigenvalue weighted by Gasteiger charge is -2.23. The molecule has 0 aliphatic carbocycles. The van der Waals surface area contributed by atoms with Crippen LogP contribution in [0.5, 0.6) is 0 Å². The molecule has 0 aromatic carbocycles. The summed E-state index contributed by atoms with van der Waals surface area (Å²) < 4.78 is 4.84. The fraction of sp³-hybridized carbons (Fsp3) is 0.909. The summed E-state index contributed by atoms with van der Waals surface area (Å²) in [6, 6.07) is 0.217. The fourth-order valence-corrected chi connectivity index (χ4v) is 2.11. The Bertz CT molecular complexity index is 247. The highest BCUT2D eigenvalue weighted by molar-refractivity contribution is 6.69. The molecule has 0 fully saturated rings. The van der Waals surface area contributed by atoms with Gasteiger partial charge in [-0.2, -0.15) is 0 Å². The minimum atomic E-state index is -1.48. The second-order valence-electron chi connectivity index (χ2n) is 5.22. The fourth-order valence-electron chi connectivity index (χ4n) is 1.15. The maximum absolute atomic E-state index is 6.23. The molecule has 0 atom stereocenters. The molecule has 0 heterocycles. The van der Waals surface area contributed by atoms with E-state index in [1.54, 1.807) is 0 Å². The summed E-state index contributed by atoms with van der Waals surface area (Å²) in [5, 5.41) is 0. The van der Waals surface area contributed by atoms with Crippen LogP contribution >= 0.6 is 23.2 Å². The van der Waals surface area contributed by atoms with Gasteiger partial charge in [0.1, 0.15) is 0 Å². The molecule has 16 heavy (non-hydrogen) atoms. The molecule has 0 aromatic rings. The lowest BCUT2D eigenvalue weighted by molar-refractivity contribution is 0.305. The van der Waals surface area contributed by atoms with Gasteiger partial charge in [-0.15, -0.1) is 0 Å². The molecule has 0 saturated carbocycles. The predicted octanol–water partition coefficient (Wildman–Crippen LogP) is 4.27. The van der Waals surface area contributed by atoms with E-state index in [0.717, 1.165) is 5.71 Å². The van der Waals surface area contributed by atoms with Gasteiger partial charge in [0, 0.05) is 24.8 Å². The smallest absolute Gasteiger partial charge is 0.183 e. The average molecular weight is 284 g/mol. The number of nitrogens with zero attached hydrogens (tertiary/aromatic N) is 1. The van der Waals surface area contributed by atoms with Gasteiger partial charge in [0.25, 0.3) is 0 Å². The van der Waals surface area contributed by atoms with E-state index in [0.29, 0.717) is 13.0 Å². The summed E-state index contributed by atoms with van der Waals surface area (Å²) in [6.07, 6.45) is 0.586. The van der Waals surface area contributed by atoms with E-state index in [9.17, 15) is 0 Å². The first kappa shape index (κ1) is 16.4. The van der Waals surface area contributed by atoms with Gasteiger partial charge >= 0.3 is 0 Å². The largest absolute Gasteiger partial charge is 0.418 e. The van der Waals surface area contributed by atoms with Crippen molar-refractivity contribution in [1.82, 2.24) is 0 Å². The minimum Gasteiger partial charge on any atom is -0.418 e. The number of alkyl halides is 2. The lowest BCUT2D eigenvalue weighted by atomic mass is 10.2. The van der Waals surface area contributed by atoms with Crippen molar-refractivity contribution >= 4 is 37.2 Å². The number of hydrogen-bond donors (Lipinski definition) is 0. The molecule has 0 radical (unpaired) electrons. The summed E-state index contributed by atoms with van der Waals surface area (Å²) in [5.74, 6) is 0. The summed E-state index contributed by atoms with van der Waals surface area (Å²) in [6.45, 7) is 12.9. The number of halogens is 2. The molecule has 0 spiro atoms. The van der Waals surface area contributed by atoms with Crippen LogP contribution in [0.1, 0.15) is 27.2 Å². The van der Waals surface area contributed by atoms with Gasteiger partial charge < -0.3 is 4.43 Å². The van der Waals surface area contributed by atoms with E-state index in [1.165, 1.54) is 0 Å². The van der Waals surface area contributed by atoms with Crippen LogP contribution in [0.2, 0.25) is 19.6 Å². The molecule has 5 heteroatoms. The van der Waals surface area contributed by atoms with E-state index < -0.39 is 12.7 Å². The number of hydrogen-bond acceptors (Lipinski definition) is 2. The molecular weight excluding hydrogens is 261 g/mol. The van der Waals surface area contributed by atoms with Crippen LogP contribution in [0.15, 0.2) is 4.99 Å². The molecule has 0 bridgehead atoms. The minimum absolute atomic E-state index is 0.217. The summed E-state index contributed by atoms with van der Waals surface area (Å²) in [5.41, 5.74) is 0.769. The zero-order chi connectivity index (χ0) is 13.0. The van der Waals surface area contributed by atoms with Crippen LogP contribution in [0, 0.1) is 0 Å². The third-order valence-corrected chi connectivity index (χ3v) is 3.93. The van der Waals surface area contributed by atoms with Gasteiger partial charge in [-0.05, 0) is 40.4 Å². The van der Waals surface area contributed by atoms with Crippen molar-refractivity contribution in [3.05, 3.63) is 0 Å². The van der Waals surface area contributed by atoms with Gasteiger partial charge in [-0.3, -0.25) is 4.99 Å². The highest BCUT2D eigenvalue weighted by Crippen LogP contribution is 2.28. The van der Waals surface area contributed by atoms with Crippen molar-refractivity contribution in [2.24, 2.45) is 4.99 Å². The zero-order valence-electron chi connectivity index (χ0n) is 11.1. The Hall–Kier alpha value is 0.427. The predicted molar refractivity (Wildman–Crippen MR) is 76.6 cm³/mol. The first-order valence-corrected chi connectivity index (χ1v) is 9.78. The van der Waals surface area contributed by atoms with Gasteiger partial charge in [-0.25, -0.2) is 0 Å². The Kier molecular flexibility index (Phi) is 6.55. The quantitative estimate of drug-likeness (QED) is 0.405. The third kappa shape index (κ3) is 7.66. The van der Waals surface area contributed by atoms with Crippen molar-refractivity contribution in [1.29, 1.82) is 0 Å². The topological polar surface area (TPSA) is 21.6 Å². The zero-order valence-corrected chi connectivity index (χ0v) is 13.6. The van der Waals surface area contributed by atoms with E-state index in [4.69, 9.17) is 27.6 Å². The molecule has 0 aliphatic rings. The molecule has 0 aromatic heterocycles. The molecular formula is C11H23Cl2NOSi. The normalized spacial score (nSPS) is 14.7. The second kappa shape index (κ2) is 6.38. The van der Waals surface area contributed by atoms with E-state index in [-0.39, 0.29) is 6.04 Å². The van der Waals surface area contributed by atoms with Crippen LogP contribution in [0.3, 0.4) is 0 Å². The average Bonchev–Trinajstić information content (AvgIpc) is 1.99. The molecule has 0 N–H and O–H groups in total. The Morgan fingerprint density at radius 2 is 1.81 bits per heavy atom. The first-order valence-electron chi connectivity index (χ1n) is 5.61. The van der Waals surface area contributed by atoms with Crippen LogP contribution < -0.4 is 0 Å². The highest BCUT2D eigenvalue weighted by Gasteiger charge is 2.28. The number of aliphatic imine (C=N–C) groups is 1. The SMILES string of the molecule is CC(=NC(C)C)C(Cl)(Cl)CCO[Si](C)(C)C. The Balaban J connectivity index is 4.25. The van der Waals surface area contributed by atoms with E-state index >= 15 is 0 Å².